The van der Waals surface area contributed by atoms with Crippen LogP contribution in [0.3, 0.4) is 0 Å². The Morgan fingerprint density at radius 2 is 2.14 bits per heavy atom. The molecule has 3 heteroatoms. The highest BCUT2D eigenvalue weighted by Crippen LogP contribution is 2.48. The summed E-state index contributed by atoms with van der Waals surface area (Å²) >= 11 is 5.83. The summed E-state index contributed by atoms with van der Waals surface area (Å²) in [5, 5.41) is 10.1. The molecule has 0 radical (unpaired) electrons. The van der Waals surface area contributed by atoms with E-state index in [-0.39, 0.29) is 11.2 Å². The summed E-state index contributed by atoms with van der Waals surface area (Å²) in [5.74, 6) is 0.217. The predicted octanol–water partition coefficient (Wildman–Crippen LogP) is 2.33. The van der Waals surface area contributed by atoms with Crippen LogP contribution in [0.5, 0.6) is 5.75 Å². The van der Waals surface area contributed by atoms with E-state index in [0.717, 1.165) is 24.8 Å². The predicted molar refractivity (Wildman–Crippen MR) is 57.5 cm³/mol. The van der Waals surface area contributed by atoms with E-state index in [4.69, 9.17) is 17.3 Å². The molecule has 0 heterocycles. The monoisotopic (exact) mass is 211 g/mol. The van der Waals surface area contributed by atoms with Crippen LogP contribution in [0.2, 0.25) is 5.02 Å². The Bertz CT molecular complexity index is 347. The lowest BCUT2D eigenvalue weighted by atomic mass is 9.96. The Hall–Kier alpha value is -0.730. The van der Waals surface area contributed by atoms with Crippen molar-refractivity contribution in [2.24, 2.45) is 11.1 Å². The zero-order valence-corrected chi connectivity index (χ0v) is 8.72. The number of hydrogen-bond donors (Lipinski definition) is 2. The zero-order valence-electron chi connectivity index (χ0n) is 7.96. The third kappa shape index (κ3) is 1.72. The average Bonchev–Trinajstić information content (AvgIpc) is 2.94. The molecule has 0 saturated heterocycles. The van der Waals surface area contributed by atoms with Gasteiger partial charge in [-0.05, 0) is 42.9 Å². The summed E-state index contributed by atoms with van der Waals surface area (Å²) in [5.41, 5.74) is 6.85. The molecule has 1 aliphatic carbocycles. The lowest BCUT2D eigenvalue weighted by Crippen LogP contribution is -2.17. The van der Waals surface area contributed by atoms with Crippen LogP contribution in [0.25, 0.3) is 0 Å². The van der Waals surface area contributed by atoms with Gasteiger partial charge in [0.15, 0.2) is 0 Å². The molecule has 1 fully saturated rings. The van der Waals surface area contributed by atoms with Crippen LogP contribution < -0.4 is 5.73 Å². The molecular weight excluding hydrogens is 198 g/mol. The van der Waals surface area contributed by atoms with Gasteiger partial charge >= 0.3 is 0 Å². The molecule has 3 N–H and O–H groups in total. The summed E-state index contributed by atoms with van der Waals surface area (Å²) < 4.78 is 0. The van der Waals surface area contributed by atoms with Crippen LogP contribution in [0.1, 0.15) is 18.4 Å². The topological polar surface area (TPSA) is 46.2 Å². The van der Waals surface area contributed by atoms with Gasteiger partial charge in [0.2, 0.25) is 0 Å². The van der Waals surface area contributed by atoms with Crippen molar-refractivity contribution in [1.29, 1.82) is 0 Å². The second-order valence-electron chi connectivity index (χ2n) is 4.13. The number of rotatable bonds is 3. The number of phenols is 1. The first-order valence-corrected chi connectivity index (χ1v) is 5.21. The fraction of sp³-hybridized carbons (Fsp3) is 0.455. The third-order valence-electron chi connectivity index (χ3n) is 3.03. The molecule has 1 aliphatic rings. The van der Waals surface area contributed by atoms with Gasteiger partial charge in [-0.3, -0.25) is 0 Å². The van der Waals surface area contributed by atoms with Gasteiger partial charge in [-0.15, -0.1) is 0 Å². The minimum atomic E-state index is 0.217. The quantitative estimate of drug-likeness (QED) is 0.806. The number of aromatic hydroxyl groups is 1. The van der Waals surface area contributed by atoms with Crippen molar-refractivity contribution in [3.63, 3.8) is 0 Å². The van der Waals surface area contributed by atoms with Crippen LogP contribution in [0.15, 0.2) is 18.2 Å². The Balaban J connectivity index is 2.21. The Morgan fingerprint density at radius 3 is 2.71 bits per heavy atom. The molecular formula is C11H14ClNO. The summed E-state index contributed by atoms with van der Waals surface area (Å²) in [4.78, 5) is 0. The highest BCUT2D eigenvalue weighted by atomic mass is 35.5. The minimum Gasteiger partial charge on any atom is -0.506 e. The first-order valence-electron chi connectivity index (χ1n) is 4.83. The van der Waals surface area contributed by atoms with Crippen molar-refractivity contribution in [2.75, 3.05) is 6.54 Å². The van der Waals surface area contributed by atoms with E-state index in [1.54, 1.807) is 6.07 Å². The lowest BCUT2D eigenvalue weighted by molar-refractivity contribution is 0.450. The van der Waals surface area contributed by atoms with Crippen LogP contribution in [0.4, 0.5) is 0 Å². The maximum absolute atomic E-state index is 9.71. The number of nitrogens with two attached hydrogens (primary N) is 1. The first-order chi connectivity index (χ1) is 6.67. The molecule has 0 unspecified atom stereocenters. The van der Waals surface area contributed by atoms with E-state index < -0.39 is 0 Å². The summed E-state index contributed by atoms with van der Waals surface area (Å²) in [6.07, 6.45) is 3.17. The maximum atomic E-state index is 9.71. The molecule has 0 aliphatic heterocycles. The van der Waals surface area contributed by atoms with Crippen LogP contribution >= 0.6 is 11.6 Å². The lowest BCUT2D eigenvalue weighted by Gasteiger charge is -2.13. The number of halogens is 1. The SMILES string of the molecule is NCC1(Cc2cccc(Cl)c2O)CC1. The number of hydrogen-bond acceptors (Lipinski definition) is 2. The largest absolute Gasteiger partial charge is 0.506 e. The second-order valence-corrected chi connectivity index (χ2v) is 4.54. The molecule has 0 spiro atoms. The molecule has 0 amide bonds. The van der Waals surface area contributed by atoms with Crippen LogP contribution in [-0.2, 0) is 6.42 Å². The smallest absolute Gasteiger partial charge is 0.137 e. The van der Waals surface area contributed by atoms with Crippen molar-refractivity contribution in [1.82, 2.24) is 0 Å². The molecule has 0 atom stereocenters. The fourth-order valence-corrected chi connectivity index (χ4v) is 1.93. The van der Waals surface area contributed by atoms with Gasteiger partial charge < -0.3 is 10.8 Å². The summed E-state index contributed by atoms with van der Waals surface area (Å²) in [7, 11) is 0. The van der Waals surface area contributed by atoms with Crippen molar-refractivity contribution < 1.29 is 5.11 Å². The van der Waals surface area contributed by atoms with Gasteiger partial charge in [-0.25, -0.2) is 0 Å². The molecule has 0 bridgehead atoms. The maximum Gasteiger partial charge on any atom is 0.137 e. The average molecular weight is 212 g/mol. The summed E-state index contributed by atoms with van der Waals surface area (Å²) in [6, 6.07) is 5.48. The van der Waals surface area contributed by atoms with E-state index in [0.29, 0.717) is 11.6 Å². The van der Waals surface area contributed by atoms with Crippen molar-refractivity contribution >= 4 is 11.6 Å². The Kier molecular flexibility index (Phi) is 2.41. The van der Waals surface area contributed by atoms with Gasteiger partial charge in [0, 0.05) is 0 Å². The molecule has 2 nitrogen and oxygen atoms in total. The molecule has 2 rings (SSSR count). The molecule has 76 valence electrons. The fourth-order valence-electron chi connectivity index (χ4n) is 1.74. The molecule has 0 aromatic heterocycles. The van der Waals surface area contributed by atoms with Crippen molar-refractivity contribution in [2.45, 2.75) is 19.3 Å². The van der Waals surface area contributed by atoms with Crippen molar-refractivity contribution in [3.8, 4) is 5.75 Å². The molecule has 1 aromatic carbocycles. The van der Waals surface area contributed by atoms with E-state index in [1.165, 1.54) is 0 Å². The van der Waals surface area contributed by atoms with Crippen LogP contribution in [-0.4, -0.2) is 11.7 Å². The van der Waals surface area contributed by atoms with E-state index >= 15 is 0 Å². The highest BCUT2D eigenvalue weighted by Gasteiger charge is 2.41. The number of para-hydroxylation sites is 1. The van der Waals surface area contributed by atoms with Gasteiger partial charge in [-0.2, -0.15) is 0 Å². The van der Waals surface area contributed by atoms with E-state index in [9.17, 15) is 5.11 Å². The third-order valence-corrected chi connectivity index (χ3v) is 3.33. The number of phenolic OH excluding ortho intramolecular Hbond substituents is 1. The number of benzene rings is 1. The van der Waals surface area contributed by atoms with Crippen LogP contribution in [0, 0.1) is 5.41 Å². The zero-order chi connectivity index (χ0) is 10.2. The summed E-state index contributed by atoms with van der Waals surface area (Å²) in [6.45, 7) is 0.693. The Labute approximate surface area is 88.7 Å². The first kappa shape index (κ1) is 9.81. The molecule has 1 aromatic rings. The minimum absolute atomic E-state index is 0.217. The standard InChI is InChI=1S/C11H14ClNO/c12-9-3-1-2-8(10(9)14)6-11(7-13)4-5-11/h1-3,14H,4-7,13H2. The van der Waals surface area contributed by atoms with Gasteiger partial charge in [0.1, 0.15) is 5.75 Å². The second kappa shape index (κ2) is 3.44. The van der Waals surface area contributed by atoms with Crippen molar-refractivity contribution in [3.05, 3.63) is 28.8 Å². The van der Waals surface area contributed by atoms with E-state index in [2.05, 4.69) is 0 Å². The molecule has 14 heavy (non-hydrogen) atoms. The van der Waals surface area contributed by atoms with Gasteiger partial charge in [0.05, 0.1) is 5.02 Å². The van der Waals surface area contributed by atoms with Gasteiger partial charge in [-0.1, -0.05) is 23.7 Å². The normalized spacial score (nSPS) is 18.1. The van der Waals surface area contributed by atoms with Gasteiger partial charge in [0.25, 0.3) is 0 Å². The highest BCUT2D eigenvalue weighted by molar-refractivity contribution is 6.32. The molecule has 1 saturated carbocycles. The Morgan fingerprint density at radius 1 is 1.43 bits per heavy atom. The van der Waals surface area contributed by atoms with E-state index in [1.807, 2.05) is 12.1 Å².